The van der Waals surface area contributed by atoms with Gasteiger partial charge in [0.2, 0.25) is 15.9 Å². The van der Waals surface area contributed by atoms with Crippen LogP contribution in [0.5, 0.6) is 0 Å². The maximum atomic E-state index is 13.5. The van der Waals surface area contributed by atoms with E-state index in [4.69, 9.17) is 0 Å². The topological polar surface area (TPSA) is 66.5 Å². The molecule has 0 aliphatic rings. The van der Waals surface area contributed by atoms with Gasteiger partial charge in [0.05, 0.1) is 11.4 Å². The zero-order valence-electron chi connectivity index (χ0n) is 13.1. The van der Waals surface area contributed by atoms with Gasteiger partial charge in [-0.3, -0.25) is 4.79 Å². The monoisotopic (exact) mass is 414 g/mol. The molecule has 2 aromatic rings. The van der Waals surface area contributed by atoms with Crippen molar-refractivity contribution in [1.82, 2.24) is 4.31 Å². The Bertz CT molecular complexity index is 854. The van der Waals surface area contributed by atoms with Crippen LogP contribution < -0.4 is 5.32 Å². The summed E-state index contributed by atoms with van der Waals surface area (Å²) >= 11 is 3.23. The van der Waals surface area contributed by atoms with Crippen molar-refractivity contribution >= 4 is 37.5 Å². The third kappa shape index (κ3) is 4.40. The number of benzene rings is 2. The molecule has 1 amide bonds. The van der Waals surface area contributed by atoms with Gasteiger partial charge >= 0.3 is 0 Å². The van der Waals surface area contributed by atoms with Gasteiger partial charge < -0.3 is 5.32 Å². The van der Waals surface area contributed by atoms with Gasteiger partial charge in [-0.25, -0.2) is 12.8 Å². The molecule has 0 bridgehead atoms. The van der Waals surface area contributed by atoms with Crippen molar-refractivity contribution in [2.75, 3.05) is 18.9 Å². The van der Waals surface area contributed by atoms with Crippen LogP contribution in [0.25, 0.3) is 0 Å². The Morgan fingerprint density at radius 1 is 1.21 bits per heavy atom. The molecule has 0 unspecified atom stereocenters. The summed E-state index contributed by atoms with van der Waals surface area (Å²) in [6.45, 7) is 1.23. The molecule has 0 spiro atoms. The van der Waals surface area contributed by atoms with Gasteiger partial charge in [-0.15, -0.1) is 0 Å². The molecule has 0 atom stereocenters. The Hall–Kier alpha value is -1.77. The van der Waals surface area contributed by atoms with Crippen molar-refractivity contribution < 1.29 is 17.6 Å². The molecule has 0 aromatic heterocycles. The number of nitrogens with one attached hydrogen (secondary N) is 1. The highest BCUT2D eigenvalue weighted by molar-refractivity contribution is 9.10. The van der Waals surface area contributed by atoms with Crippen LogP contribution in [0.15, 0.2) is 51.8 Å². The first-order valence-electron chi connectivity index (χ1n) is 6.98. The van der Waals surface area contributed by atoms with Crippen molar-refractivity contribution in [3.8, 4) is 0 Å². The fourth-order valence-corrected chi connectivity index (χ4v) is 3.34. The molecule has 128 valence electrons. The first-order valence-corrected chi connectivity index (χ1v) is 9.21. The second kappa shape index (κ2) is 7.42. The van der Waals surface area contributed by atoms with Gasteiger partial charge in [0.15, 0.2) is 0 Å². The number of nitrogens with zero attached hydrogens (tertiary/aromatic N) is 1. The summed E-state index contributed by atoms with van der Waals surface area (Å²) in [5, 5.41) is 2.48. The number of hydrogen-bond donors (Lipinski definition) is 1. The van der Waals surface area contributed by atoms with Crippen molar-refractivity contribution in [3.63, 3.8) is 0 Å². The number of likely N-dealkylation sites (N-methyl/N-ethyl adjacent to an activating group) is 1. The number of aryl methyl sites for hydroxylation is 1. The van der Waals surface area contributed by atoms with Crippen LogP contribution in [0.2, 0.25) is 0 Å². The van der Waals surface area contributed by atoms with E-state index in [0.29, 0.717) is 5.56 Å². The lowest BCUT2D eigenvalue weighted by atomic mass is 10.2. The molecule has 0 aliphatic carbocycles. The predicted molar refractivity (Wildman–Crippen MR) is 93.7 cm³/mol. The van der Waals surface area contributed by atoms with E-state index in [2.05, 4.69) is 21.2 Å². The average molecular weight is 415 g/mol. The van der Waals surface area contributed by atoms with Gasteiger partial charge in [-0.2, -0.15) is 4.31 Å². The molecule has 0 saturated heterocycles. The number of amides is 1. The molecule has 24 heavy (non-hydrogen) atoms. The number of halogens is 2. The average Bonchev–Trinajstić information content (AvgIpc) is 2.51. The molecular formula is C16H16BrFN2O3S. The number of sulfonamides is 1. The van der Waals surface area contributed by atoms with Crippen molar-refractivity contribution in [2.24, 2.45) is 0 Å². The Balaban J connectivity index is 2.07. The summed E-state index contributed by atoms with van der Waals surface area (Å²) in [6.07, 6.45) is 0. The highest BCUT2D eigenvalue weighted by Crippen LogP contribution is 2.18. The Kier molecular flexibility index (Phi) is 5.74. The van der Waals surface area contributed by atoms with E-state index < -0.39 is 21.7 Å². The summed E-state index contributed by atoms with van der Waals surface area (Å²) in [7, 11) is -2.47. The summed E-state index contributed by atoms with van der Waals surface area (Å²) in [5.74, 6) is -0.995. The highest BCUT2D eigenvalue weighted by atomic mass is 79.9. The molecule has 5 nitrogen and oxygen atoms in total. The molecule has 2 aromatic carbocycles. The van der Waals surface area contributed by atoms with Crippen LogP contribution in [0.3, 0.4) is 0 Å². The van der Waals surface area contributed by atoms with Gasteiger partial charge in [0.25, 0.3) is 0 Å². The number of anilines is 1. The summed E-state index contributed by atoms with van der Waals surface area (Å²) < 4.78 is 40.0. The summed E-state index contributed by atoms with van der Waals surface area (Å²) in [5.41, 5.74) is 0.737. The normalized spacial score (nSPS) is 11.5. The smallest absolute Gasteiger partial charge is 0.243 e. The zero-order valence-corrected chi connectivity index (χ0v) is 15.5. The SMILES string of the molecule is Cc1ccc(NC(=O)CN(C)S(=O)(=O)c2ccc(Br)cc2)cc1F. The largest absolute Gasteiger partial charge is 0.325 e. The molecule has 0 radical (unpaired) electrons. The van der Waals surface area contributed by atoms with E-state index in [1.54, 1.807) is 25.1 Å². The standard InChI is InChI=1S/C16H16BrFN2O3S/c1-11-3-6-13(9-15(11)18)19-16(21)10-20(2)24(22,23)14-7-4-12(17)5-8-14/h3-9H,10H2,1-2H3,(H,19,21). The number of carbonyl (C=O) groups is 1. The van der Waals surface area contributed by atoms with Gasteiger partial charge in [-0.05, 0) is 48.9 Å². The van der Waals surface area contributed by atoms with Crippen LogP contribution in [0.1, 0.15) is 5.56 Å². The highest BCUT2D eigenvalue weighted by Gasteiger charge is 2.23. The molecule has 0 aliphatic heterocycles. The van der Waals surface area contributed by atoms with Gasteiger partial charge in [0, 0.05) is 17.2 Å². The van der Waals surface area contributed by atoms with Crippen molar-refractivity contribution in [3.05, 3.63) is 58.3 Å². The Morgan fingerprint density at radius 2 is 1.83 bits per heavy atom. The molecule has 0 saturated carbocycles. The lowest BCUT2D eigenvalue weighted by Gasteiger charge is -2.17. The van der Waals surface area contributed by atoms with E-state index in [-0.39, 0.29) is 17.1 Å². The molecule has 0 fully saturated rings. The quantitative estimate of drug-likeness (QED) is 0.816. The lowest BCUT2D eigenvalue weighted by Crippen LogP contribution is -2.35. The minimum absolute atomic E-state index is 0.0855. The second-order valence-electron chi connectivity index (χ2n) is 5.23. The van der Waals surface area contributed by atoms with Crippen LogP contribution in [0.4, 0.5) is 10.1 Å². The van der Waals surface area contributed by atoms with E-state index in [9.17, 15) is 17.6 Å². The van der Waals surface area contributed by atoms with Crippen LogP contribution in [0, 0.1) is 12.7 Å². The molecule has 8 heteroatoms. The third-order valence-electron chi connectivity index (χ3n) is 3.34. The van der Waals surface area contributed by atoms with Crippen LogP contribution in [-0.2, 0) is 14.8 Å². The van der Waals surface area contributed by atoms with Crippen molar-refractivity contribution in [1.29, 1.82) is 0 Å². The first-order chi connectivity index (χ1) is 11.2. The van der Waals surface area contributed by atoms with Crippen LogP contribution >= 0.6 is 15.9 Å². The summed E-state index contributed by atoms with van der Waals surface area (Å²) in [6, 6.07) is 10.4. The van der Waals surface area contributed by atoms with Gasteiger partial charge in [0.1, 0.15) is 5.82 Å². The molecule has 2 rings (SSSR count). The van der Waals surface area contributed by atoms with Crippen molar-refractivity contribution in [2.45, 2.75) is 11.8 Å². The number of rotatable bonds is 5. The zero-order chi connectivity index (χ0) is 17.9. The molecule has 1 N–H and O–H groups in total. The maximum Gasteiger partial charge on any atom is 0.243 e. The lowest BCUT2D eigenvalue weighted by molar-refractivity contribution is -0.116. The van der Waals surface area contributed by atoms with E-state index >= 15 is 0 Å². The van der Waals surface area contributed by atoms with Crippen LogP contribution in [-0.4, -0.2) is 32.2 Å². The first kappa shape index (κ1) is 18.6. The number of carbonyl (C=O) groups excluding carboxylic acids is 1. The second-order valence-corrected chi connectivity index (χ2v) is 8.19. The Labute approximate surface area is 148 Å². The molecular weight excluding hydrogens is 399 g/mol. The number of hydrogen-bond acceptors (Lipinski definition) is 3. The fourth-order valence-electron chi connectivity index (χ4n) is 1.94. The predicted octanol–water partition coefficient (Wildman–Crippen LogP) is 3.16. The minimum Gasteiger partial charge on any atom is -0.325 e. The summed E-state index contributed by atoms with van der Waals surface area (Å²) in [4.78, 5) is 12.1. The Morgan fingerprint density at radius 3 is 2.42 bits per heavy atom. The fraction of sp³-hybridized carbons (Fsp3) is 0.188. The van der Waals surface area contributed by atoms with E-state index in [1.807, 2.05) is 0 Å². The van der Waals surface area contributed by atoms with Gasteiger partial charge in [-0.1, -0.05) is 22.0 Å². The molecule has 0 heterocycles. The third-order valence-corrected chi connectivity index (χ3v) is 5.69. The van der Waals surface area contributed by atoms with E-state index in [1.165, 1.54) is 31.3 Å². The van der Waals surface area contributed by atoms with E-state index in [0.717, 1.165) is 8.78 Å². The minimum atomic E-state index is -3.78. The maximum absolute atomic E-state index is 13.5.